The van der Waals surface area contributed by atoms with Gasteiger partial charge in [-0.3, -0.25) is 14.6 Å². The van der Waals surface area contributed by atoms with Crippen LogP contribution in [0.15, 0.2) is 39.7 Å². The zero-order valence-corrected chi connectivity index (χ0v) is 13.3. The van der Waals surface area contributed by atoms with Gasteiger partial charge < -0.3 is 14.2 Å². The van der Waals surface area contributed by atoms with Crippen LogP contribution in [-0.2, 0) is 0 Å². The van der Waals surface area contributed by atoms with Gasteiger partial charge in [-0.25, -0.2) is 0 Å². The van der Waals surface area contributed by atoms with E-state index in [9.17, 15) is 9.59 Å². The number of pyridine rings is 1. The predicted molar refractivity (Wildman–Crippen MR) is 86.8 cm³/mol. The molecule has 1 fully saturated rings. The SMILES string of the molecule is Cc1cc(N2CCN(C(=O)c3cc(=O)cc(C)o3)CC2)ccn1. The first-order valence-electron chi connectivity index (χ1n) is 7.61. The highest BCUT2D eigenvalue weighted by atomic mass is 16.3. The Balaban J connectivity index is 1.69. The smallest absolute Gasteiger partial charge is 0.289 e. The Morgan fingerprint density at radius 1 is 1.13 bits per heavy atom. The Labute approximate surface area is 134 Å². The standard InChI is InChI=1S/C17H19N3O3/c1-12-9-14(3-4-18-12)19-5-7-20(8-6-19)17(22)16-11-15(21)10-13(2)23-16/h3-4,9-11H,5-8H2,1-2H3. The number of aromatic nitrogens is 1. The molecule has 0 radical (unpaired) electrons. The van der Waals surface area contributed by atoms with Gasteiger partial charge in [-0.05, 0) is 26.0 Å². The highest BCUT2D eigenvalue weighted by Gasteiger charge is 2.24. The van der Waals surface area contributed by atoms with E-state index in [1.807, 2.05) is 19.1 Å². The van der Waals surface area contributed by atoms with Gasteiger partial charge in [0.25, 0.3) is 5.91 Å². The number of amides is 1. The topological polar surface area (TPSA) is 66.7 Å². The highest BCUT2D eigenvalue weighted by Crippen LogP contribution is 2.17. The average molecular weight is 313 g/mol. The third-order valence-corrected chi connectivity index (χ3v) is 3.91. The number of anilines is 1. The van der Waals surface area contributed by atoms with E-state index in [1.165, 1.54) is 12.1 Å². The molecule has 2 aromatic rings. The minimum atomic E-state index is -0.226. The van der Waals surface area contributed by atoms with E-state index in [-0.39, 0.29) is 17.1 Å². The number of nitrogens with zero attached hydrogens (tertiary/aromatic N) is 3. The molecule has 0 unspecified atom stereocenters. The van der Waals surface area contributed by atoms with Crippen molar-refractivity contribution in [2.45, 2.75) is 13.8 Å². The molecule has 6 heteroatoms. The lowest BCUT2D eigenvalue weighted by Gasteiger charge is -2.35. The van der Waals surface area contributed by atoms with Gasteiger partial charge in [-0.1, -0.05) is 0 Å². The summed E-state index contributed by atoms with van der Waals surface area (Å²) in [5.74, 6) is 0.339. The number of carbonyl (C=O) groups excluding carboxylic acids is 1. The summed E-state index contributed by atoms with van der Waals surface area (Å²) >= 11 is 0. The summed E-state index contributed by atoms with van der Waals surface area (Å²) in [7, 11) is 0. The van der Waals surface area contributed by atoms with Gasteiger partial charge in [-0.2, -0.15) is 0 Å². The molecule has 0 aliphatic carbocycles. The van der Waals surface area contributed by atoms with Crippen molar-refractivity contribution < 1.29 is 9.21 Å². The molecule has 6 nitrogen and oxygen atoms in total. The van der Waals surface area contributed by atoms with E-state index >= 15 is 0 Å². The Bertz CT molecular complexity index is 777. The second-order valence-electron chi connectivity index (χ2n) is 5.70. The molecule has 2 aromatic heterocycles. The van der Waals surface area contributed by atoms with E-state index in [0.717, 1.165) is 24.5 Å². The summed E-state index contributed by atoms with van der Waals surface area (Å²) < 4.78 is 5.39. The number of rotatable bonds is 2. The molecule has 0 spiro atoms. The van der Waals surface area contributed by atoms with Crippen molar-refractivity contribution in [1.29, 1.82) is 0 Å². The van der Waals surface area contributed by atoms with E-state index in [0.29, 0.717) is 18.8 Å². The summed E-state index contributed by atoms with van der Waals surface area (Å²) in [5, 5.41) is 0. The summed E-state index contributed by atoms with van der Waals surface area (Å²) in [6.07, 6.45) is 1.80. The third-order valence-electron chi connectivity index (χ3n) is 3.91. The van der Waals surface area contributed by atoms with Crippen LogP contribution in [0.2, 0.25) is 0 Å². The molecular weight excluding hydrogens is 294 g/mol. The largest absolute Gasteiger partial charge is 0.456 e. The molecule has 1 amide bonds. The van der Waals surface area contributed by atoms with Crippen LogP contribution >= 0.6 is 0 Å². The van der Waals surface area contributed by atoms with E-state index in [1.54, 1.807) is 18.0 Å². The van der Waals surface area contributed by atoms with Crippen LogP contribution in [0.1, 0.15) is 22.0 Å². The number of hydrogen-bond acceptors (Lipinski definition) is 5. The predicted octanol–water partition coefficient (Wildman–Crippen LogP) is 1.61. The molecule has 3 heterocycles. The van der Waals surface area contributed by atoms with Gasteiger partial charge >= 0.3 is 0 Å². The molecule has 0 bridgehead atoms. The van der Waals surface area contributed by atoms with Crippen molar-refractivity contribution in [3.05, 3.63) is 57.9 Å². The minimum Gasteiger partial charge on any atom is -0.456 e. The molecule has 0 saturated carbocycles. The monoisotopic (exact) mass is 313 g/mol. The third kappa shape index (κ3) is 3.41. The van der Waals surface area contributed by atoms with Crippen molar-refractivity contribution >= 4 is 11.6 Å². The Kier molecular flexibility index (Phi) is 4.14. The molecule has 1 aliphatic heterocycles. The minimum absolute atomic E-state index is 0.114. The lowest BCUT2D eigenvalue weighted by molar-refractivity contribution is 0.0710. The van der Waals surface area contributed by atoms with Gasteiger partial charge in [-0.15, -0.1) is 0 Å². The fourth-order valence-corrected chi connectivity index (χ4v) is 2.76. The lowest BCUT2D eigenvalue weighted by Crippen LogP contribution is -2.49. The maximum atomic E-state index is 12.5. The number of carbonyl (C=O) groups is 1. The maximum Gasteiger partial charge on any atom is 0.289 e. The van der Waals surface area contributed by atoms with E-state index in [4.69, 9.17) is 4.42 Å². The highest BCUT2D eigenvalue weighted by molar-refractivity contribution is 5.91. The molecule has 23 heavy (non-hydrogen) atoms. The molecule has 1 aliphatic rings. The Morgan fingerprint density at radius 2 is 1.87 bits per heavy atom. The van der Waals surface area contributed by atoms with Gasteiger partial charge in [0, 0.05) is 55.9 Å². The Morgan fingerprint density at radius 3 is 2.52 bits per heavy atom. The van der Waals surface area contributed by atoms with Crippen molar-refractivity contribution in [3.8, 4) is 0 Å². The van der Waals surface area contributed by atoms with Crippen LogP contribution in [0, 0.1) is 13.8 Å². The first-order valence-corrected chi connectivity index (χ1v) is 7.61. The van der Waals surface area contributed by atoms with Crippen LogP contribution in [0.5, 0.6) is 0 Å². The fourth-order valence-electron chi connectivity index (χ4n) is 2.76. The summed E-state index contributed by atoms with van der Waals surface area (Å²) in [4.78, 5) is 32.1. The zero-order chi connectivity index (χ0) is 16.4. The van der Waals surface area contributed by atoms with Crippen molar-refractivity contribution in [2.24, 2.45) is 0 Å². The van der Waals surface area contributed by atoms with E-state index < -0.39 is 0 Å². The molecule has 0 N–H and O–H groups in total. The first kappa shape index (κ1) is 15.3. The zero-order valence-electron chi connectivity index (χ0n) is 13.3. The number of piperazine rings is 1. The molecule has 0 atom stereocenters. The second kappa shape index (κ2) is 6.24. The second-order valence-corrected chi connectivity index (χ2v) is 5.70. The molecule has 0 aromatic carbocycles. The van der Waals surface area contributed by atoms with Crippen LogP contribution in [-0.4, -0.2) is 42.0 Å². The first-order chi connectivity index (χ1) is 11.0. The molecular formula is C17H19N3O3. The Hall–Kier alpha value is -2.63. The van der Waals surface area contributed by atoms with Crippen molar-refractivity contribution in [3.63, 3.8) is 0 Å². The van der Waals surface area contributed by atoms with Crippen LogP contribution in [0.3, 0.4) is 0 Å². The van der Waals surface area contributed by atoms with Crippen LogP contribution < -0.4 is 10.3 Å². The quantitative estimate of drug-likeness (QED) is 0.843. The maximum absolute atomic E-state index is 12.5. The lowest BCUT2D eigenvalue weighted by atomic mass is 10.2. The average Bonchev–Trinajstić information content (AvgIpc) is 2.53. The molecule has 1 saturated heterocycles. The van der Waals surface area contributed by atoms with Gasteiger partial charge in [0.05, 0.1) is 0 Å². The van der Waals surface area contributed by atoms with Crippen LogP contribution in [0.25, 0.3) is 0 Å². The van der Waals surface area contributed by atoms with E-state index in [2.05, 4.69) is 9.88 Å². The van der Waals surface area contributed by atoms with Crippen LogP contribution in [0.4, 0.5) is 5.69 Å². The van der Waals surface area contributed by atoms with Crippen molar-refractivity contribution in [2.75, 3.05) is 31.1 Å². The summed E-state index contributed by atoms with van der Waals surface area (Å²) in [6, 6.07) is 6.65. The van der Waals surface area contributed by atoms with Gasteiger partial charge in [0.15, 0.2) is 11.2 Å². The molecule has 3 rings (SSSR count). The van der Waals surface area contributed by atoms with Gasteiger partial charge in [0.1, 0.15) is 5.76 Å². The van der Waals surface area contributed by atoms with Crippen molar-refractivity contribution in [1.82, 2.24) is 9.88 Å². The number of hydrogen-bond donors (Lipinski definition) is 0. The normalized spacial score (nSPS) is 14.9. The number of aryl methyl sites for hydroxylation is 2. The van der Waals surface area contributed by atoms with Gasteiger partial charge in [0.2, 0.25) is 0 Å². The summed E-state index contributed by atoms with van der Waals surface area (Å²) in [6.45, 7) is 6.30. The fraction of sp³-hybridized carbons (Fsp3) is 0.353. The summed E-state index contributed by atoms with van der Waals surface area (Å²) in [5.41, 5.74) is 1.89. The molecule has 120 valence electrons.